The Kier molecular flexibility index (Phi) is 9.22. The molecule has 29 heavy (non-hydrogen) atoms. The van der Waals surface area contributed by atoms with Crippen LogP contribution in [0.3, 0.4) is 0 Å². The summed E-state index contributed by atoms with van der Waals surface area (Å²) in [4.78, 5) is 27.1. The minimum atomic E-state index is -0.552. The first-order valence-electron chi connectivity index (χ1n) is 10.3. The van der Waals surface area contributed by atoms with E-state index < -0.39 is 6.04 Å². The first kappa shape index (κ1) is 22.5. The largest absolute Gasteiger partial charge is 0.484 e. The van der Waals surface area contributed by atoms with E-state index in [4.69, 9.17) is 4.74 Å². The minimum absolute atomic E-state index is 0.0910. The number of amides is 2. The maximum atomic E-state index is 12.9. The second-order valence-electron chi connectivity index (χ2n) is 7.20. The van der Waals surface area contributed by atoms with Gasteiger partial charge in [0.2, 0.25) is 5.91 Å². The first-order valence-corrected chi connectivity index (χ1v) is 10.3. The van der Waals surface area contributed by atoms with Crippen LogP contribution in [0.25, 0.3) is 0 Å². The highest BCUT2D eigenvalue weighted by Crippen LogP contribution is 2.16. The molecule has 0 aliphatic rings. The van der Waals surface area contributed by atoms with Crippen molar-refractivity contribution in [3.63, 3.8) is 0 Å². The number of para-hydroxylation sites is 1. The van der Waals surface area contributed by atoms with Crippen LogP contribution < -0.4 is 10.1 Å². The van der Waals surface area contributed by atoms with Gasteiger partial charge in [-0.05, 0) is 43.9 Å². The Bertz CT molecular complexity index is 777. The molecule has 0 radical (unpaired) electrons. The Hall–Kier alpha value is -2.82. The highest BCUT2D eigenvalue weighted by Gasteiger charge is 2.26. The van der Waals surface area contributed by atoms with Crippen molar-refractivity contribution >= 4 is 11.8 Å². The van der Waals surface area contributed by atoms with E-state index in [2.05, 4.69) is 12.2 Å². The molecule has 0 aromatic heterocycles. The minimum Gasteiger partial charge on any atom is -0.484 e. The lowest BCUT2D eigenvalue weighted by atomic mass is 10.1. The molecule has 1 N–H and O–H groups in total. The standard InChI is InChI=1S/C24H32N2O3/c1-4-5-16-25-24(28)20(3)26(17-15-21-12-7-6-8-13-21)23(27)18-29-22-14-10-9-11-19(22)2/h6-14,20H,4-5,15-18H2,1-3H3,(H,25,28)/t20-/m1/s1. The number of unbranched alkanes of at least 4 members (excludes halogenated alkanes) is 1. The number of nitrogens with zero attached hydrogens (tertiary/aromatic N) is 1. The zero-order chi connectivity index (χ0) is 21.1. The molecule has 2 aromatic rings. The smallest absolute Gasteiger partial charge is 0.261 e. The fourth-order valence-corrected chi connectivity index (χ4v) is 3.05. The van der Waals surface area contributed by atoms with Crippen LogP contribution >= 0.6 is 0 Å². The van der Waals surface area contributed by atoms with Crippen LogP contribution in [0.15, 0.2) is 54.6 Å². The summed E-state index contributed by atoms with van der Waals surface area (Å²) in [5.74, 6) is 0.363. The number of carbonyl (C=O) groups is 2. The number of carbonyl (C=O) groups excluding carboxylic acids is 2. The molecule has 0 saturated carbocycles. The lowest BCUT2D eigenvalue weighted by Crippen LogP contribution is -2.50. The zero-order valence-corrected chi connectivity index (χ0v) is 17.7. The van der Waals surface area contributed by atoms with Gasteiger partial charge in [0.15, 0.2) is 6.61 Å². The summed E-state index contributed by atoms with van der Waals surface area (Å²) in [6.45, 7) is 6.79. The normalized spacial score (nSPS) is 11.6. The zero-order valence-electron chi connectivity index (χ0n) is 17.7. The van der Waals surface area contributed by atoms with Gasteiger partial charge in [0, 0.05) is 13.1 Å². The predicted octanol–water partition coefficient (Wildman–Crippen LogP) is 3.75. The van der Waals surface area contributed by atoms with Crippen LogP contribution in [-0.2, 0) is 16.0 Å². The predicted molar refractivity (Wildman–Crippen MR) is 116 cm³/mol. The van der Waals surface area contributed by atoms with Gasteiger partial charge in [0.05, 0.1) is 0 Å². The highest BCUT2D eigenvalue weighted by molar-refractivity contribution is 5.88. The van der Waals surface area contributed by atoms with Gasteiger partial charge >= 0.3 is 0 Å². The van der Waals surface area contributed by atoms with Gasteiger partial charge < -0.3 is 15.0 Å². The molecule has 2 rings (SSSR count). The average Bonchev–Trinajstić information content (AvgIpc) is 2.74. The van der Waals surface area contributed by atoms with Crippen molar-refractivity contribution in [2.75, 3.05) is 19.7 Å². The number of nitrogens with one attached hydrogen (secondary N) is 1. The summed E-state index contributed by atoms with van der Waals surface area (Å²) in [7, 11) is 0. The lowest BCUT2D eigenvalue weighted by Gasteiger charge is -2.28. The van der Waals surface area contributed by atoms with Gasteiger partial charge in [-0.25, -0.2) is 0 Å². The van der Waals surface area contributed by atoms with Crippen molar-refractivity contribution in [1.29, 1.82) is 0 Å². The van der Waals surface area contributed by atoms with Gasteiger partial charge in [0.1, 0.15) is 11.8 Å². The van der Waals surface area contributed by atoms with Crippen LogP contribution in [0.2, 0.25) is 0 Å². The molecule has 156 valence electrons. The molecule has 0 spiro atoms. The molecule has 2 aromatic carbocycles. The number of rotatable bonds is 11. The highest BCUT2D eigenvalue weighted by atomic mass is 16.5. The Balaban J connectivity index is 2.04. The maximum Gasteiger partial charge on any atom is 0.261 e. The summed E-state index contributed by atoms with van der Waals surface area (Å²) in [6, 6.07) is 17.0. The SMILES string of the molecule is CCCCNC(=O)[C@@H](C)N(CCc1ccccc1)C(=O)COc1ccccc1C. The Morgan fingerprint density at radius 2 is 1.76 bits per heavy atom. The second kappa shape index (κ2) is 11.9. The van der Waals surface area contributed by atoms with Crippen molar-refractivity contribution in [1.82, 2.24) is 10.2 Å². The molecule has 2 amide bonds. The van der Waals surface area contributed by atoms with E-state index in [-0.39, 0.29) is 18.4 Å². The van der Waals surface area contributed by atoms with Gasteiger partial charge in [-0.1, -0.05) is 61.9 Å². The molecule has 5 nitrogen and oxygen atoms in total. The summed E-state index contributed by atoms with van der Waals surface area (Å²) < 4.78 is 5.74. The monoisotopic (exact) mass is 396 g/mol. The number of hydrogen-bond acceptors (Lipinski definition) is 3. The van der Waals surface area contributed by atoms with Crippen molar-refractivity contribution in [3.05, 3.63) is 65.7 Å². The van der Waals surface area contributed by atoms with Crippen molar-refractivity contribution in [2.45, 2.75) is 46.1 Å². The molecule has 0 aliphatic heterocycles. The van der Waals surface area contributed by atoms with Crippen LogP contribution in [0.5, 0.6) is 5.75 Å². The number of aryl methyl sites for hydroxylation is 1. The molecule has 0 bridgehead atoms. The third kappa shape index (κ3) is 7.26. The summed E-state index contributed by atoms with van der Waals surface area (Å²) in [5, 5.41) is 2.93. The van der Waals surface area contributed by atoms with Gasteiger partial charge in [-0.3, -0.25) is 9.59 Å². The quantitative estimate of drug-likeness (QED) is 0.589. The molecule has 0 fully saturated rings. The fourth-order valence-electron chi connectivity index (χ4n) is 3.05. The molecule has 0 saturated heterocycles. The van der Waals surface area contributed by atoms with Crippen molar-refractivity contribution in [3.8, 4) is 5.75 Å². The molecular weight excluding hydrogens is 364 g/mol. The van der Waals surface area contributed by atoms with Gasteiger partial charge in [-0.15, -0.1) is 0 Å². The van der Waals surface area contributed by atoms with Crippen molar-refractivity contribution < 1.29 is 14.3 Å². The molecule has 0 unspecified atom stereocenters. The Morgan fingerprint density at radius 1 is 1.07 bits per heavy atom. The van der Waals surface area contributed by atoms with E-state index in [1.165, 1.54) is 0 Å². The average molecular weight is 397 g/mol. The third-order valence-corrected chi connectivity index (χ3v) is 4.93. The molecule has 5 heteroatoms. The summed E-state index contributed by atoms with van der Waals surface area (Å²) >= 11 is 0. The van der Waals surface area contributed by atoms with Crippen LogP contribution in [0, 0.1) is 6.92 Å². The molecular formula is C24H32N2O3. The number of ether oxygens (including phenoxy) is 1. The van der Waals surface area contributed by atoms with E-state index in [0.717, 1.165) is 24.0 Å². The van der Waals surface area contributed by atoms with Gasteiger partial charge in [-0.2, -0.15) is 0 Å². The maximum absolute atomic E-state index is 12.9. The van der Waals surface area contributed by atoms with E-state index in [1.807, 2.05) is 61.5 Å². The summed E-state index contributed by atoms with van der Waals surface area (Å²) in [6.07, 6.45) is 2.62. The van der Waals surface area contributed by atoms with Crippen LogP contribution in [-0.4, -0.2) is 42.5 Å². The fraction of sp³-hybridized carbons (Fsp3) is 0.417. The van der Waals surface area contributed by atoms with Crippen molar-refractivity contribution in [2.24, 2.45) is 0 Å². The van der Waals surface area contributed by atoms with E-state index >= 15 is 0 Å². The van der Waals surface area contributed by atoms with E-state index in [1.54, 1.807) is 11.8 Å². The Morgan fingerprint density at radius 3 is 2.45 bits per heavy atom. The third-order valence-electron chi connectivity index (χ3n) is 4.93. The molecule has 1 atom stereocenters. The number of hydrogen-bond donors (Lipinski definition) is 1. The first-order chi connectivity index (χ1) is 14.0. The molecule has 0 heterocycles. The Labute approximate surface area is 174 Å². The van der Waals surface area contributed by atoms with Gasteiger partial charge in [0.25, 0.3) is 5.91 Å². The lowest BCUT2D eigenvalue weighted by molar-refractivity contribution is -0.141. The number of benzene rings is 2. The van der Waals surface area contributed by atoms with E-state index in [9.17, 15) is 9.59 Å². The van der Waals surface area contributed by atoms with E-state index in [0.29, 0.717) is 25.3 Å². The van der Waals surface area contributed by atoms with Crippen LogP contribution in [0.4, 0.5) is 0 Å². The summed E-state index contributed by atoms with van der Waals surface area (Å²) in [5.41, 5.74) is 2.10. The second-order valence-corrected chi connectivity index (χ2v) is 7.20. The molecule has 0 aliphatic carbocycles. The van der Waals surface area contributed by atoms with Crippen LogP contribution in [0.1, 0.15) is 37.8 Å². The topological polar surface area (TPSA) is 58.6 Å².